The molecule has 7 heteroatoms. The molecule has 7 nitrogen and oxygen atoms in total. The second-order valence-corrected chi connectivity index (χ2v) is 6.93. The molecule has 1 saturated heterocycles. The third-order valence-corrected chi connectivity index (χ3v) is 4.91. The van der Waals surface area contributed by atoms with E-state index in [1.165, 1.54) is 14.0 Å². The molecule has 1 aliphatic rings. The number of carbonyl (C=O) groups excluding carboxylic acids is 3. The van der Waals surface area contributed by atoms with Crippen molar-refractivity contribution in [2.24, 2.45) is 11.8 Å². The first-order chi connectivity index (χ1) is 12.3. The van der Waals surface area contributed by atoms with Gasteiger partial charge in [0.05, 0.1) is 19.1 Å². The van der Waals surface area contributed by atoms with Gasteiger partial charge in [-0.15, -0.1) is 0 Å². The summed E-state index contributed by atoms with van der Waals surface area (Å²) in [4.78, 5) is 37.4. The molecular weight excluding hydrogens is 336 g/mol. The van der Waals surface area contributed by atoms with Gasteiger partial charge in [0.15, 0.2) is 0 Å². The maximum absolute atomic E-state index is 12.3. The van der Waals surface area contributed by atoms with E-state index in [9.17, 15) is 19.6 Å². The molecule has 1 rings (SSSR count). The van der Waals surface area contributed by atoms with Gasteiger partial charge in [-0.25, -0.2) is 0 Å². The number of carbonyl (C=O) groups is 3. The van der Waals surface area contributed by atoms with Crippen molar-refractivity contribution in [3.8, 4) is 6.07 Å². The van der Waals surface area contributed by atoms with Gasteiger partial charge in [-0.05, 0) is 32.6 Å². The monoisotopic (exact) mass is 366 g/mol. The molecule has 0 aromatic heterocycles. The molecular formula is C19H30N2O5. The minimum absolute atomic E-state index is 0.0926. The third-order valence-electron chi connectivity index (χ3n) is 4.91. The predicted octanol–water partition coefficient (Wildman–Crippen LogP) is 2.44. The molecule has 0 aliphatic carbocycles. The van der Waals surface area contributed by atoms with Crippen molar-refractivity contribution in [2.45, 2.75) is 71.4 Å². The van der Waals surface area contributed by atoms with E-state index in [4.69, 9.17) is 9.47 Å². The zero-order chi connectivity index (χ0) is 19.7. The molecule has 26 heavy (non-hydrogen) atoms. The van der Waals surface area contributed by atoms with E-state index >= 15 is 0 Å². The quantitative estimate of drug-likeness (QED) is 0.551. The summed E-state index contributed by atoms with van der Waals surface area (Å²) in [5.74, 6) is -1.45. The Bertz CT molecular complexity index is 543. The van der Waals surface area contributed by atoms with Crippen LogP contribution in [0.5, 0.6) is 0 Å². The van der Waals surface area contributed by atoms with Gasteiger partial charge in [0, 0.05) is 38.3 Å². The Labute approximate surface area is 155 Å². The molecule has 0 aromatic rings. The van der Waals surface area contributed by atoms with Crippen LogP contribution in [0.4, 0.5) is 0 Å². The number of methoxy groups -OCH3 is 1. The number of hydrogen-bond donors (Lipinski definition) is 0. The number of nitrogens with zero attached hydrogens (tertiary/aromatic N) is 2. The highest BCUT2D eigenvalue weighted by atomic mass is 16.5. The molecule has 4 atom stereocenters. The molecule has 0 spiro atoms. The summed E-state index contributed by atoms with van der Waals surface area (Å²) in [5.41, 5.74) is 0. The van der Waals surface area contributed by atoms with Crippen LogP contribution in [0.2, 0.25) is 0 Å². The van der Waals surface area contributed by atoms with Gasteiger partial charge in [0.1, 0.15) is 6.10 Å². The van der Waals surface area contributed by atoms with Crippen molar-refractivity contribution in [3.63, 3.8) is 0 Å². The van der Waals surface area contributed by atoms with Gasteiger partial charge in [-0.1, -0.05) is 6.92 Å². The zero-order valence-electron chi connectivity index (χ0n) is 16.2. The fraction of sp³-hybridized carbons (Fsp3) is 0.789. The summed E-state index contributed by atoms with van der Waals surface area (Å²) in [7, 11) is 1.33. The number of amides is 1. The Kier molecular flexibility index (Phi) is 9.11. The SMILES string of the molecule is CCC(C#N)CC(CC(CC(C)N1CCCC1=O)C(=O)OC)OC(C)=O. The lowest BCUT2D eigenvalue weighted by atomic mass is 9.89. The molecule has 1 aliphatic heterocycles. The topological polar surface area (TPSA) is 96.7 Å². The number of likely N-dealkylation sites (tertiary alicyclic amines) is 1. The second kappa shape index (κ2) is 10.8. The minimum Gasteiger partial charge on any atom is -0.469 e. The van der Waals surface area contributed by atoms with Crippen LogP contribution in [-0.4, -0.2) is 48.5 Å². The number of hydrogen-bond acceptors (Lipinski definition) is 6. The molecule has 0 N–H and O–H groups in total. The maximum atomic E-state index is 12.3. The Morgan fingerprint density at radius 3 is 2.46 bits per heavy atom. The highest BCUT2D eigenvalue weighted by Gasteiger charge is 2.32. The standard InChI is InChI=1S/C19H30N2O5/c1-5-15(12-20)10-17(26-14(3)22)11-16(19(24)25-4)9-13(2)21-8-6-7-18(21)23/h13,15-17H,5-11H2,1-4H3. The average molecular weight is 366 g/mol. The fourth-order valence-corrected chi connectivity index (χ4v) is 3.50. The van der Waals surface area contributed by atoms with Crippen LogP contribution in [0.25, 0.3) is 0 Å². The number of nitriles is 1. The first kappa shape index (κ1) is 21.9. The molecule has 0 radical (unpaired) electrons. The molecule has 1 amide bonds. The molecule has 0 aromatic carbocycles. The largest absolute Gasteiger partial charge is 0.469 e. The van der Waals surface area contributed by atoms with E-state index in [0.29, 0.717) is 32.2 Å². The lowest BCUT2D eigenvalue weighted by Gasteiger charge is -2.29. The van der Waals surface area contributed by atoms with Crippen LogP contribution in [0.3, 0.4) is 0 Å². The Hall–Kier alpha value is -2.10. The van der Waals surface area contributed by atoms with Crippen LogP contribution in [-0.2, 0) is 23.9 Å². The van der Waals surface area contributed by atoms with Crippen molar-refractivity contribution in [1.29, 1.82) is 5.26 Å². The molecule has 0 bridgehead atoms. The van der Waals surface area contributed by atoms with Gasteiger partial charge >= 0.3 is 11.9 Å². The zero-order valence-corrected chi connectivity index (χ0v) is 16.2. The van der Waals surface area contributed by atoms with Crippen LogP contribution in [0.1, 0.15) is 59.3 Å². The summed E-state index contributed by atoms with van der Waals surface area (Å²) in [6.45, 7) is 5.84. The Balaban J connectivity index is 2.83. The van der Waals surface area contributed by atoms with E-state index in [-0.39, 0.29) is 30.3 Å². The first-order valence-electron chi connectivity index (χ1n) is 9.26. The number of ether oxygens (including phenoxy) is 2. The number of rotatable bonds is 10. The van der Waals surface area contributed by atoms with Gasteiger partial charge < -0.3 is 14.4 Å². The van der Waals surface area contributed by atoms with Crippen LogP contribution < -0.4 is 0 Å². The van der Waals surface area contributed by atoms with Crippen molar-refractivity contribution in [1.82, 2.24) is 4.90 Å². The minimum atomic E-state index is -0.525. The van der Waals surface area contributed by atoms with Gasteiger partial charge in [-0.2, -0.15) is 5.26 Å². The Morgan fingerprint density at radius 1 is 1.31 bits per heavy atom. The summed E-state index contributed by atoms with van der Waals surface area (Å²) in [6, 6.07) is 2.11. The van der Waals surface area contributed by atoms with E-state index in [2.05, 4.69) is 6.07 Å². The summed E-state index contributed by atoms with van der Waals surface area (Å²) < 4.78 is 10.3. The van der Waals surface area contributed by atoms with E-state index in [0.717, 1.165) is 6.42 Å². The van der Waals surface area contributed by atoms with Crippen molar-refractivity contribution in [2.75, 3.05) is 13.7 Å². The van der Waals surface area contributed by atoms with Crippen LogP contribution in [0, 0.1) is 23.2 Å². The summed E-state index contributed by atoms with van der Waals surface area (Å²) in [6.07, 6.45) is 2.62. The summed E-state index contributed by atoms with van der Waals surface area (Å²) >= 11 is 0. The van der Waals surface area contributed by atoms with Crippen LogP contribution in [0.15, 0.2) is 0 Å². The van der Waals surface area contributed by atoms with E-state index in [1.807, 2.05) is 13.8 Å². The molecule has 1 heterocycles. The second-order valence-electron chi connectivity index (χ2n) is 6.93. The summed E-state index contributed by atoms with van der Waals surface area (Å²) in [5, 5.41) is 9.19. The van der Waals surface area contributed by atoms with Crippen molar-refractivity contribution >= 4 is 17.8 Å². The third kappa shape index (κ3) is 6.66. The fourth-order valence-electron chi connectivity index (χ4n) is 3.50. The highest BCUT2D eigenvalue weighted by molar-refractivity contribution is 5.78. The maximum Gasteiger partial charge on any atom is 0.308 e. The van der Waals surface area contributed by atoms with E-state index < -0.39 is 18.0 Å². The number of esters is 2. The van der Waals surface area contributed by atoms with Gasteiger partial charge in [-0.3, -0.25) is 14.4 Å². The Morgan fingerprint density at radius 2 is 2.00 bits per heavy atom. The van der Waals surface area contributed by atoms with Gasteiger partial charge in [0.25, 0.3) is 0 Å². The molecule has 1 fully saturated rings. The molecule has 4 unspecified atom stereocenters. The first-order valence-corrected chi connectivity index (χ1v) is 9.26. The molecule has 146 valence electrons. The van der Waals surface area contributed by atoms with Crippen molar-refractivity contribution < 1.29 is 23.9 Å². The van der Waals surface area contributed by atoms with Gasteiger partial charge in [0.2, 0.25) is 5.91 Å². The van der Waals surface area contributed by atoms with Crippen LogP contribution >= 0.6 is 0 Å². The highest BCUT2D eigenvalue weighted by Crippen LogP contribution is 2.26. The average Bonchev–Trinajstić information content (AvgIpc) is 3.03. The smallest absolute Gasteiger partial charge is 0.308 e. The predicted molar refractivity (Wildman–Crippen MR) is 94.7 cm³/mol. The normalized spacial score (nSPS) is 18.6. The lowest BCUT2D eigenvalue weighted by molar-refractivity contribution is -0.154. The molecule has 0 saturated carbocycles. The van der Waals surface area contributed by atoms with Crippen molar-refractivity contribution in [3.05, 3.63) is 0 Å². The van der Waals surface area contributed by atoms with E-state index in [1.54, 1.807) is 4.90 Å². The lowest BCUT2D eigenvalue weighted by Crippen LogP contribution is -2.38.